The summed E-state index contributed by atoms with van der Waals surface area (Å²) in [5.74, 6) is -0.210. The smallest absolute Gasteiger partial charge is 0.243 e. The van der Waals surface area contributed by atoms with Gasteiger partial charge in [-0.15, -0.1) is 0 Å². The summed E-state index contributed by atoms with van der Waals surface area (Å²) in [6.07, 6.45) is -0.143. The Kier molecular flexibility index (Phi) is 6.87. The number of piperazine rings is 1. The molecule has 1 saturated heterocycles. The number of nitrogens with two attached hydrogens (primary N) is 1. The van der Waals surface area contributed by atoms with Crippen LogP contribution < -0.4 is 5.73 Å². The average molecular weight is 383 g/mol. The normalized spacial score (nSPS) is 17.1. The van der Waals surface area contributed by atoms with Crippen molar-refractivity contribution in [3.63, 3.8) is 0 Å². The average Bonchev–Trinajstić information content (AvgIpc) is 2.66. The standard InChI is InChI=1S/C17H25N3O5S/c1-13(21)14-3-5-16(6-4-14)26(23,24)20-9-7-19(8-10-20)17(22)11-15(12-18)25-2/h3-6,15H,7-12,18H2,1-2H3. The number of carbonyl (C=O) groups excluding carboxylic acids is 2. The van der Waals surface area contributed by atoms with E-state index in [9.17, 15) is 18.0 Å². The fourth-order valence-electron chi connectivity index (χ4n) is 2.78. The summed E-state index contributed by atoms with van der Waals surface area (Å²) in [6.45, 7) is 2.78. The predicted molar refractivity (Wildman–Crippen MR) is 96.3 cm³/mol. The van der Waals surface area contributed by atoms with Crippen LogP contribution in [0.4, 0.5) is 0 Å². The summed E-state index contributed by atoms with van der Waals surface area (Å²) in [5, 5.41) is 0. The van der Waals surface area contributed by atoms with E-state index in [1.165, 1.54) is 42.6 Å². The Hall–Kier alpha value is -1.81. The Labute approximate surface area is 153 Å². The van der Waals surface area contributed by atoms with Crippen molar-refractivity contribution >= 4 is 21.7 Å². The first-order valence-corrected chi connectivity index (χ1v) is 9.85. The van der Waals surface area contributed by atoms with Crippen LogP contribution in [0.25, 0.3) is 0 Å². The SMILES string of the molecule is COC(CN)CC(=O)N1CCN(S(=O)(=O)c2ccc(C(C)=O)cc2)CC1. The molecule has 0 saturated carbocycles. The van der Waals surface area contributed by atoms with E-state index in [0.717, 1.165) is 0 Å². The molecular weight excluding hydrogens is 358 g/mol. The zero-order valence-corrected chi connectivity index (χ0v) is 15.9. The van der Waals surface area contributed by atoms with Crippen LogP contribution in [0.5, 0.6) is 0 Å². The van der Waals surface area contributed by atoms with E-state index in [0.29, 0.717) is 18.7 Å². The Morgan fingerprint density at radius 3 is 2.19 bits per heavy atom. The van der Waals surface area contributed by atoms with Gasteiger partial charge >= 0.3 is 0 Å². The van der Waals surface area contributed by atoms with E-state index in [4.69, 9.17) is 10.5 Å². The minimum absolute atomic E-state index is 0.0924. The van der Waals surface area contributed by atoms with Crippen LogP contribution >= 0.6 is 0 Å². The van der Waals surface area contributed by atoms with Crippen LogP contribution in [0.15, 0.2) is 29.2 Å². The monoisotopic (exact) mass is 383 g/mol. The fraction of sp³-hybridized carbons (Fsp3) is 0.529. The number of rotatable bonds is 7. The lowest BCUT2D eigenvalue weighted by Crippen LogP contribution is -2.51. The number of hydrogen-bond acceptors (Lipinski definition) is 6. The van der Waals surface area contributed by atoms with Crippen LogP contribution in [0, 0.1) is 0 Å². The van der Waals surface area contributed by atoms with Gasteiger partial charge in [0.1, 0.15) is 0 Å². The first-order chi connectivity index (χ1) is 12.3. The molecule has 9 heteroatoms. The number of Topliss-reactive ketones (excluding diaryl/α,β-unsaturated/α-hetero) is 1. The topological polar surface area (TPSA) is 110 Å². The lowest BCUT2D eigenvalue weighted by atomic mass is 10.2. The Balaban J connectivity index is 1.99. The molecule has 1 unspecified atom stereocenters. The number of ketones is 1. The molecule has 1 fully saturated rings. The lowest BCUT2D eigenvalue weighted by molar-refractivity contribution is -0.134. The molecule has 1 atom stereocenters. The molecule has 1 aliphatic heterocycles. The highest BCUT2D eigenvalue weighted by Crippen LogP contribution is 2.19. The zero-order valence-electron chi connectivity index (χ0n) is 15.1. The van der Waals surface area contributed by atoms with Crippen LogP contribution in [0.3, 0.4) is 0 Å². The third kappa shape index (κ3) is 4.67. The van der Waals surface area contributed by atoms with Gasteiger partial charge in [-0.05, 0) is 19.1 Å². The second kappa shape index (κ2) is 8.72. The van der Waals surface area contributed by atoms with Gasteiger partial charge < -0.3 is 15.4 Å². The summed E-state index contributed by atoms with van der Waals surface area (Å²) in [5.41, 5.74) is 5.99. The molecule has 8 nitrogen and oxygen atoms in total. The molecule has 0 aliphatic carbocycles. The maximum Gasteiger partial charge on any atom is 0.243 e. The van der Waals surface area contributed by atoms with Crippen LogP contribution in [0.1, 0.15) is 23.7 Å². The quantitative estimate of drug-likeness (QED) is 0.668. The minimum atomic E-state index is -3.65. The third-order valence-electron chi connectivity index (χ3n) is 4.49. The minimum Gasteiger partial charge on any atom is -0.380 e. The number of nitrogens with zero attached hydrogens (tertiary/aromatic N) is 2. The van der Waals surface area contributed by atoms with Gasteiger partial charge in [0.2, 0.25) is 15.9 Å². The Morgan fingerprint density at radius 2 is 1.73 bits per heavy atom. The van der Waals surface area contributed by atoms with E-state index >= 15 is 0 Å². The second-order valence-electron chi connectivity index (χ2n) is 6.16. The molecule has 144 valence electrons. The Bertz CT molecular complexity index is 736. The number of benzene rings is 1. The first-order valence-electron chi connectivity index (χ1n) is 8.41. The number of carbonyl (C=O) groups is 2. The van der Waals surface area contributed by atoms with Crippen LogP contribution in [-0.2, 0) is 19.6 Å². The predicted octanol–water partition coefficient (Wildman–Crippen LogP) is 0.0859. The molecule has 1 aliphatic rings. The molecular formula is C17H25N3O5S. The molecule has 1 aromatic carbocycles. The van der Waals surface area contributed by atoms with Gasteiger partial charge in [-0.1, -0.05) is 12.1 Å². The van der Waals surface area contributed by atoms with E-state index < -0.39 is 10.0 Å². The molecule has 26 heavy (non-hydrogen) atoms. The zero-order chi connectivity index (χ0) is 19.3. The van der Waals surface area contributed by atoms with Gasteiger partial charge in [-0.25, -0.2) is 8.42 Å². The van der Waals surface area contributed by atoms with Crippen molar-refractivity contribution in [3.05, 3.63) is 29.8 Å². The van der Waals surface area contributed by atoms with E-state index in [1.807, 2.05) is 0 Å². The number of hydrogen-bond donors (Lipinski definition) is 1. The maximum absolute atomic E-state index is 12.7. The van der Waals surface area contributed by atoms with Crippen molar-refractivity contribution in [1.29, 1.82) is 0 Å². The van der Waals surface area contributed by atoms with Gasteiger partial charge in [0.05, 0.1) is 17.4 Å². The second-order valence-corrected chi connectivity index (χ2v) is 8.10. The molecule has 2 N–H and O–H groups in total. The largest absolute Gasteiger partial charge is 0.380 e. The molecule has 0 spiro atoms. The van der Waals surface area contributed by atoms with Gasteiger partial charge in [0, 0.05) is 45.4 Å². The highest BCUT2D eigenvalue weighted by Gasteiger charge is 2.30. The number of methoxy groups -OCH3 is 1. The molecule has 1 aromatic rings. The maximum atomic E-state index is 12.7. The van der Waals surface area contributed by atoms with Crippen LogP contribution in [0.2, 0.25) is 0 Å². The van der Waals surface area contributed by atoms with Crippen molar-refractivity contribution in [2.24, 2.45) is 5.73 Å². The fourth-order valence-corrected chi connectivity index (χ4v) is 4.20. The van der Waals surface area contributed by atoms with Crippen molar-refractivity contribution in [2.45, 2.75) is 24.3 Å². The van der Waals surface area contributed by atoms with E-state index in [1.54, 1.807) is 4.90 Å². The number of sulfonamides is 1. The highest BCUT2D eigenvalue weighted by molar-refractivity contribution is 7.89. The highest BCUT2D eigenvalue weighted by atomic mass is 32.2. The molecule has 0 bridgehead atoms. The first kappa shape index (κ1) is 20.5. The summed E-state index contributed by atoms with van der Waals surface area (Å²) in [6, 6.07) is 5.89. The molecule has 2 rings (SSSR count). The third-order valence-corrected chi connectivity index (χ3v) is 6.40. The van der Waals surface area contributed by atoms with Crippen molar-refractivity contribution in [1.82, 2.24) is 9.21 Å². The van der Waals surface area contributed by atoms with Crippen LogP contribution in [-0.4, -0.2) is 75.3 Å². The number of ether oxygens (including phenoxy) is 1. The molecule has 1 amide bonds. The lowest BCUT2D eigenvalue weighted by Gasteiger charge is -2.34. The van der Waals surface area contributed by atoms with Gasteiger partial charge in [-0.2, -0.15) is 4.31 Å². The number of amides is 1. The summed E-state index contributed by atoms with van der Waals surface area (Å²) >= 11 is 0. The van der Waals surface area contributed by atoms with E-state index in [-0.39, 0.29) is 48.7 Å². The molecule has 0 radical (unpaired) electrons. The van der Waals surface area contributed by atoms with Crippen molar-refractivity contribution in [2.75, 3.05) is 39.8 Å². The Morgan fingerprint density at radius 1 is 1.15 bits per heavy atom. The van der Waals surface area contributed by atoms with Gasteiger partial charge in [0.15, 0.2) is 5.78 Å². The molecule has 0 aromatic heterocycles. The van der Waals surface area contributed by atoms with Gasteiger partial charge in [-0.3, -0.25) is 9.59 Å². The molecule has 1 heterocycles. The van der Waals surface area contributed by atoms with Crippen molar-refractivity contribution in [3.8, 4) is 0 Å². The van der Waals surface area contributed by atoms with Gasteiger partial charge in [0.25, 0.3) is 0 Å². The summed E-state index contributed by atoms with van der Waals surface area (Å²) in [7, 11) is -2.14. The van der Waals surface area contributed by atoms with Crippen molar-refractivity contribution < 1.29 is 22.7 Å². The van der Waals surface area contributed by atoms with E-state index in [2.05, 4.69) is 0 Å². The summed E-state index contributed by atoms with van der Waals surface area (Å²) in [4.78, 5) is 25.3. The summed E-state index contributed by atoms with van der Waals surface area (Å²) < 4.78 is 31.9.